The van der Waals surface area contributed by atoms with Gasteiger partial charge in [0.15, 0.2) is 0 Å². The van der Waals surface area contributed by atoms with Crippen LogP contribution in [-0.4, -0.2) is 42.8 Å². The van der Waals surface area contributed by atoms with Crippen LogP contribution in [0.2, 0.25) is 0 Å². The lowest BCUT2D eigenvalue weighted by Crippen LogP contribution is -2.47. The highest BCUT2D eigenvalue weighted by Gasteiger charge is 2.41. The Morgan fingerprint density at radius 1 is 1.43 bits per heavy atom. The Morgan fingerprint density at radius 2 is 2.17 bits per heavy atom. The van der Waals surface area contributed by atoms with Crippen molar-refractivity contribution in [1.29, 1.82) is 0 Å². The van der Waals surface area contributed by atoms with E-state index in [4.69, 9.17) is 0 Å². The lowest BCUT2D eigenvalue weighted by Gasteiger charge is -2.23. The molecular weight excluding hydrogens is 407 g/mol. The van der Waals surface area contributed by atoms with Crippen molar-refractivity contribution < 1.29 is 17.6 Å². The average Bonchev–Trinajstić information content (AvgIpc) is 3.17. The van der Waals surface area contributed by atoms with E-state index in [0.717, 1.165) is 25.0 Å². The third-order valence-electron chi connectivity index (χ3n) is 3.89. The van der Waals surface area contributed by atoms with Crippen molar-refractivity contribution in [2.75, 3.05) is 18.2 Å². The maximum absolute atomic E-state index is 13.2. The predicted octanol–water partition coefficient (Wildman–Crippen LogP) is 2.18. The molecule has 1 aliphatic heterocycles. The van der Waals surface area contributed by atoms with Crippen LogP contribution < -0.4 is 5.32 Å². The Morgan fingerprint density at radius 3 is 2.83 bits per heavy atom. The summed E-state index contributed by atoms with van der Waals surface area (Å²) in [6.07, 6.45) is 2.23. The molecule has 1 N–H and O–H groups in total. The van der Waals surface area contributed by atoms with E-state index < -0.39 is 21.9 Å². The molecule has 5 nitrogen and oxygen atoms in total. The number of benzene rings is 1. The quantitative estimate of drug-likeness (QED) is 0.789. The third kappa shape index (κ3) is 3.72. The van der Waals surface area contributed by atoms with Crippen LogP contribution in [0.5, 0.6) is 0 Å². The first-order valence-electron chi connectivity index (χ1n) is 7.22. The van der Waals surface area contributed by atoms with Gasteiger partial charge in [0.25, 0.3) is 0 Å². The zero-order valence-corrected chi connectivity index (χ0v) is 15.4. The summed E-state index contributed by atoms with van der Waals surface area (Å²) in [6, 6.07) is 2.71. The monoisotopic (exact) mass is 422 g/mol. The van der Waals surface area contributed by atoms with Gasteiger partial charge in [-0.3, -0.25) is 4.79 Å². The van der Waals surface area contributed by atoms with Crippen LogP contribution in [0.3, 0.4) is 0 Å². The SMILES string of the molecule is O=C(NCC1CC1)C1CSCN1S(=O)(=O)c1ccc(F)cc1Br. The Balaban J connectivity index is 1.81. The van der Waals surface area contributed by atoms with Crippen LogP contribution in [0.4, 0.5) is 4.39 Å². The van der Waals surface area contributed by atoms with Crippen LogP contribution >= 0.6 is 27.7 Å². The Bertz CT molecular complexity index is 725. The van der Waals surface area contributed by atoms with Crippen molar-refractivity contribution in [3.05, 3.63) is 28.5 Å². The fourth-order valence-electron chi connectivity index (χ4n) is 2.37. The zero-order valence-electron chi connectivity index (χ0n) is 12.2. The van der Waals surface area contributed by atoms with Crippen LogP contribution in [0.25, 0.3) is 0 Å². The molecule has 0 aromatic heterocycles. The molecule has 2 aliphatic rings. The molecule has 23 heavy (non-hydrogen) atoms. The standard InChI is InChI=1S/C14H16BrFN2O3S2/c15-11-5-10(16)3-4-13(11)23(20,21)18-8-22-7-12(18)14(19)17-6-9-1-2-9/h3-5,9,12H,1-2,6-8H2,(H,17,19). The van der Waals surface area contributed by atoms with E-state index in [-0.39, 0.29) is 21.2 Å². The number of thioether (sulfide) groups is 1. The minimum Gasteiger partial charge on any atom is -0.354 e. The molecule has 1 atom stereocenters. The summed E-state index contributed by atoms with van der Waals surface area (Å²) in [5, 5.41) is 2.83. The van der Waals surface area contributed by atoms with Gasteiger partial charge < -0.3 is 5.32 Å². The Hall–Kier alpha value is -0.640. The zero-order chi connectivity index (χ0) is 16.6. The topological polar surface area (TPSA) is 66.5 Å². The van der Waals surface area contributed by atoms with Crippen molar-refractivity contribution in [1.82, 2.24) is 9.62 Å². The second-order valence-electron chi connectivity index (χ2n) is 5.67. The fraction of sp³-hybridized carbons (Fsp3) is 0.500. The molecular formula is C14H16BrFN2O3S2. The molecule has 1 unspecified atom stereocenters. The molecule has 1 aromatic rings. The first-order chi connectivity index (χ1) is 10.9. The number of hydrogen-bond acceptors (Lipinski definition) is 4. The van der Waals surface area contributed by atoms with Crippen molar-refractivity contribution in [3.8, 4) is 0 Å². The molecule has 0 spiro atoms. The smallest absolute Gasteiger partial charge is 0.245 e. The first kappa shape index (κ1) is 17.2. The molecule has 2 fully saturated rings. The summed E-state index contributed by atoms with van der Waals surface area (Å²) in [7, 11) is -3.87. The molecule has 1 heterocycles. The second kappa shape index (κ2) is 6.70. The minimum absolute atomic E-state index is 0.0265. The Labute approximate surface area is 147 Å². The molecule has 0 bridgehead atoms. The first-order valence-corrected chi connectivity index (χ1v) is 10.6. The molecule has 1 amide bonds. The molecule has 1 aliphatic carbocycles. The van der Waals surface area contributed by atoms with Gasteiger partial charge in [0.1, 0.15) is 11.9 Å². The van der Waals surface area contributed by atoms with E-state index in [2.05, 4.69) is 21.2 Å². The van der Waals surface area contributed by atoms with E-state index in [9.17, 15) is 17.6 Å². The second-order valence-corrected chi connectivity index (χ2v) is 9.38. The third-order valence-corrected chi connectivity index (χ3v) is 7.89. The van der Waals surface area contributed by atoms with Gasteiger partial charge in [-0.05, 0) is 52.9 Å². The van der Waals surface area contributed by atoms with Gasteiger partial charge in [-0.1, -0.05) is 0 Å². The molecule has 1 saturated carbocycles. The van der Waals surface area contributed by atoms with E-state index >= 15 is 0 Å². The molecule has 3 rings (SSSR count). The maximum atomic E-state index is 13.2. The fourth-order valence-corrected chi connectivity index (χ4v) is 6.53. The number of carbonyl (C=O) groups excluding carboxylic acids is 1. The normalized spacial score (nSPS) is 22.3. The van der Waals surface area contributed by atoms with Crippen LogP contribution in [0, 0.1) is 11.7 Å². The molecule has 1 aromatic carbocycles. The largest absolute Gasteiger partial charge is 0.354 e. The number of nitrogens with zero attached hydrogens (tertiary/aromatic N) is 1. The number of rotatable bonds is 5. The number of amides is 1. The lowest BCUT2D eigenvalue weighted by molar-refractivity contribution is -0.123. The Kier molecular flexibility index (Phi) is 5.01. The lowest BCUT2D eigenvalue weighted by atomic mass is 10.3. The van der Waals surface area contributed by atoms with Gasteiger partial charge in [-0.15, -0.1) is 11.8 Å². The van der Waals surface area contributed by atoms with Crippen LogP contribution in [0.1, 0.15) is 12.8 Å². The summed E-state index contributed by atoms with van der Waals surface area (Å²) < 4.78 is 40.2. The van der Waals surface area contributed by atoms with E-state index in [1.165, 1.54) is 22.1 Å². The predicted molar refractivity (Wildman–Crippen MR) is 90.0 cm³/mol. The van der Waals surface area contributed by atoms with Gasteiger partial charge in [0.2, 0.25) is 15.9 Å². The van der Waals surface area contributed by atoms with Gasteiger partial charge in [0.05, 0.1) is 10.8 Å². The number of carbonyl (C=O) groups is 1. The van der Waals surface area contributed by atoms with Gasteiger partial charge >= 0.3 is 0 Å². The molecule has 0 radical (unpaired) electrons. The molecule has 9 heteroatoms. The van der Waals surface area contributed by atoms with Crippen molar-refractivity contribution in [3.63, 3.8) is 0 Å². The number of nitrogens with one attached hydrogen (secondary N) is 1. The average molecular weight is 423 g/mol. The summed E-state index contributed by atoms with van der Waals surface area (Å²) in [4.78, 5) is 12.3. The van der Waals surface area contributed by atoms with Crippen molar-refractivity contribution >= 4 is 43.6 Å². The number of sulfonamides is 1. The maximum Gasteiger partial charge on any atom is 0.245 e. The highest BCUT2D eigenvalue weighted by atomic mass is 79.9. The summed E-state index contributed by atoms with van der Waals surface area (Å²) >= 11 is 4.49. The van der Waals surface area contributed by atoms with E-state index in [1.54, 1.807) is 0 Å². The van der Waals surface area contributed by atoms with Gasteiger partial charge in [-0.2, -0.15) is 4.31 Å². The van der Waals surface area contributed by atoms with Gasteiger partial charge in [0, 0.05) is 16.8 Å². The molecule has 1 saturated heterocycles. The van der Waals surface area contributed by atoms with Crippen molar-refractivity contribution in [2.45, 2.75) is 23.8 Å². The molecule has 126 valence electrons. The van der Waals surface area contributed by atoms with Crippen LogP contribution in [-0.2, 0) is 14.8 Å². The highest BCUT2D eigenvalue weighted by molar-refractivity contribution is 9.10. The summed E-state index contributed by atoms with van der Waals surface area (Å²) in [5.41, 5.74) is 0. The number of halogens is 2. The summed E-state index contributed by atoms with van der Waals surface area (Å²) in [6.45, 7) is 0.605. The minimum atomic E-state index is -3.87. The number of hydrogen-bond donors (Lipinski definition) is 1. The van der Waals surface area contributed by atoms with Gasteiger partial charge in [-0.25, -0.2) is 12.8 Å². The highest BCUT2D eigenvalue weighted by Crippen LogP contribution is 2.32. The van der Waals surface area contributed by atoms with E-state index in [1.807, 2.05) is 0 Å². The van der Waals surface area contributed by atoms with Crippen LogP contribution in [0.15, 0.2) is 27.6 Å². The van der Waals surface area contributed by atoms with Crippen molar-refractivity contribution in [2.24, 2.45) is 5.92 Å². The van der Waals surface area contributed by atoms with E-state index in [0.29, 0.717) is 18.2 Å². The summed E-state index contributed by atoms with van der Waals surface area (Å²) in [5.74, 6) is 0.390.